The molecule has 254 valence electrons. The highest BCUT2D eigenvalue weighted by Gasteiger charge is 2.48. The van der Waals surface area contributed by atoms with Crippen molar-refractivity contribution >= 4 is 35.2 Å². The molecule has 2 heterocycles. The molecule has 0 aliphatic carbocycles. The van der Waals surface area contributed by atoms with Gasteiger partial charge in [0.1, 0.15) is 18.0 Å². The molecule has 0 saturated carbocycles. The molecular weight excluding hydrogens is 622 g/mol. The third-order valence-electron chi connectivity index (χ3n) is 8.67. The number of nitrogens with one attached hydrogen (secondary N) is 1. The number of ketones is 1. The monoisotopic (exact) mass is 667 g/mol. The minimum Gasteiger partial charge on any atom is -0.495 e. The highest BCUT2D eigenvalue weighted by molar-refractivity contribution is 6.32. The number of carbonyl (C=O) groups excluding carboxylic acids is 4. The Morgan fingerprint density at radius 1 is 1.02 bits per heavy atom. The lowest BCUT2D eigenvalue weighted by molar-refractivity contribution is -0.179. The van der Waals surface area contributed by atoms with E-state index in [9.17, 15) is 19.2 Å². The number of carbonyl (C=O) groups is 4. The van der Waals surface area contributed by atoms with Gasteiger partial charge in [-0.15, -0.1) is 0 Å². The molecule has 47 heavy (non-hydrogen) atoms. The van der Waals surface area contributed by atoms with Crippen molar-refractivity contribution in [2.75, 3.05) is 13.7 Å². The average Bonchev–Trinajstić information content (AvgIpc) is 3.83. The first-order chi connectivity index (χ1) is 22.3. The lowest BCUT2D eigenvalue weighted by Gasteiger charge is -2.29. The Morgan fingerprint density at radius 2 is 1.74 bits per heavy atom. The largest absolute Gasteiger partial charge is 0.495 e. The Kier molecular flexibility index (Phi) is 12.3. The fourth-order valence-corrected chi connectivity index (χ4v) is 5.98. The lowest BCUT2D eigenvalue weighted by atomic mass is 9.90. The molecule has 1 N–H and O–H groups in total. The van der Waals surface area contributed by atoms with Crippen molar-refractivity contribution in [3.8, 4) is 5.75 Å². The molecule has 2 aromatic rings. The van der Waals surface area contributed by atoms with Crippen LogP contribution in [0.15, 0.2) is 60.7 Å². The number of rotatable bonds is 8. The van der Waals surface area contributed by atoms with Gasteiger partial charge in [0, 0.05) is 31.2 Å². The van der Waals surface area contributed by atoms with E-state index in [1.807, 2.05) is 51.1 Å². The van der Waals surface area contributed by atoms with E-state index >= 15 is 0 Å². The minimum atomic E-state index is -1.17. The van der Waals surface area contributed by atoms with Gasteiger partial charge in [-0.25, -0.2) is 4.79 Å². The highest BCUT2D eigenvalue weighted by atomic mass is 35.5. The molecule has 2 aromatic carbocycles. The average molecular weight is 668 g/mol. The molecule has 4 rings (SSSR count). The summed E-state index contributed by atoms with van der Waals surface area (Å²) in [6.45, 7) is 9.03. The summed E-state index contributed by atoms with van der Waals surface area (Å²) in [5, 5.41) is 3.23. The van der Waals surface area contributed by atoms with Crippen LogP contribution >= 0.6 is 11.6 Å². The van der Waals surface area contributed by atoms with Gasteiger partial charge < -0.3 is 24.3 Å². The summed E-state index contributed by atoms with van der Waals surface area (Å²) in [6, 6.07) is 15.1. The molecule has 1 amide bonds. The molecule has 0 radical (unpaired) electrons. The van der Waals surface area contributed by atoms with Crippen LogP contribution in [0.3, 0.4) is 0 Å². The number of epoxide rings is 1. The van der Waals surface area contributed by atoms with Crippen molar-refractivity contribution in [3.63, 3.8) is 0 Å². The van der Waals surface area contributed by atoms with Gasteiger partial charge in [-0.05, 0) is 61.9 Å². The Hall–Kier alpha value is -3.69. The quantitative estimate of drug-likeness (QED) is 0.261. The first kappa shape index (κ1) is 36.2. The summed E-state index contributed by atoms with van der Waals surface area (Å²) < 4.78 is 23.1. The van der Waals surface area contributed by atoms with Gasteiger partial charge >= 0.3 is 11.9 Å². The second kappa shape index (κ2) is 15.9. The highest BCUT2D eigenvalue weighted by Crippen LogP contribution is 2.45. The van der Waals surface area contributed by atoms with E-state index in [0.29, 0.717) is 10.8 Å². The van der Waals surface area contributed by atoms with Gasteiger partial charge in [-0.1, -0.05) is 74.8 Å². The van der Waals surface area contributed by atoms with Crippen molar-refractivity contribution < 1.29 is 38.1 Å². The smallest absolute Gasteiger partial charge is 0.347 e. The van der Waals surface area contributed by atoms with Crippen LogP contribution in [0.1, 0.15) is 71.1 Å². The zero-order chi connectivity index (χ0) is 34.3. The van der Waals surface area contributed by atoms with Gasteiger partial charge in [-0.3, -0.25) is 14.4 Å². The Morgan fingerprint density at radius 3 is 2.40 bits per heavy atom. The van der Waals surface area contributed by atoms with Crippen molar-refractivity contribution in [1.82, 2.24) is 5.32 Å². The van der Waals surface area contributed by atoms with Gasteiger partial charge in [0.05, 0.1) is 23.7 Å². The number of benzene rings is 2. The molecule has 2 aliphatic heterocycles. The zero-order valence-electron chi connectivity index (χ0n) is 28.0. The van der Waals surface area contributed by atoms with Crippen LogP contribution in [0.2, 0.25) is 5.02 Å². The number of esters is 2. The third-order valence-corrected chi connectivity index (χ3v) is 8.96. The van der Waals surface area contributed by atoms with Crippen molar-refractivity contribution in [1.29, 1.82) is 0 Å². The fourth-order valence-electron chi connectivity index (χ4n) is 5.70. The van der Waals surface area contributed by atoms with Gasteiger partial charge in [0.25, 0.3) is 0 Å². The molecule has 9 nitrogen and oxygen atoms in total. The molecule has 2 aliphatic rings. The van der Waals surface area contributed by atoms with Crippen LogP contribution in [-0.4, -0.2) is 55.6 Å². The molecule has 6 atom stereocenters. The van der Waals surface area contributed by atoms with Crippen molar-refractivity contribution in [2.24, 2.45) is 23.2 Å². The number of hydrogen-bond acceptors (Lipinski definition) is 8. The summed E-state index contributed by atoms with van der Waals surface area (Å²) in [4.78, 5) is 53.8. The van der Waals surface area contributed by atoms with Gasteiger partial charge in [-0.2, -0.15) is 0 Å². The van der Waals surface area contributed by atoms with Crippen LogP contribution in [0.5, 0.6) is 5.75 Å². The predicted molar refractivity (Wildman–Crippen MR) is 178 cm³/mol. The number of allylic oxidation sites excluding steroid dienone is 1. The van der Waals surface area contributed by atoms with E-state index in [1.54, 1.807) is 38.1 Å². The molecule has 0 unspecified atom stereocenters. The predicted octanol–water partition coefficient (Wildman–Crippen LogP) is 6.21. The molecule has 10 heteroatoms. The molecule has 1 fully saturated rings. The van der Waals surface area contributed by atoms with Crippen LogP contribution < -0.4 is 10.1 Å². The first-order valence-electron chi connectivity index (χ1n) is 16.2. The molecular formula is C37H46ClNO8. The zero-order valence-corrected chi connectivity index (χ0v) is 28.8. The number of methoxy groups -OCH3 is 1. The van der Waals surface area contributed by atoms with Crippen LogP contribution in [0.4, 0.5) is 0 Å². The summed E-state index contributed by atoms with van der Waals surface area (Å²) >= 11 is 6.34. The van der Waals surface area contributed by atoms with E-state index in [1.165, 1.54) is 13.2 Å². The fraction of sp³-hybridized carbons (Fsp3) is 0.514. The van der Waals surface area contributed by atoms with E-state index in [-0.39, 0.29) is 68.0 Å². The van der Waals surface area contributed by atoms with Crippen molar-refractivity contribution in [3.05, 3.63) is 76.8 Å². The SMILES string of the molecule is COc1ccc(C[C@H]2CC(=O)/C=C/C[C@@H]([C@H](C)[C@H]3O[C@@H]3c3ccccc3)OC(=O)[C@H](CC(C)C)OC(=O)C(C)(C)CNC2=O)cc1Cl. The van der Waals surface area contributed by atoms with E-state index in [2.05, 4.69) is 5.32 Å². The number of amides is 1. The number of ether oxygens (including phenoxy) is 4. The molecule has 0 bridgehead atoms. The first-order valence-corrected chi connectivity index (χ1v) is 16.6. The second-order valence-electron chi connectivity index (χ2n) is 13.6. The van der Waals surface area contributed by atoms with Crippen LogP contribution in [-0.2, 0) is 39.8 Å². The molecule has 0 spiro atoms. The van der Waals surface area contributed by atoms with Gasteiger partial charge in [0.2, 0.25) is 5.91 Å². The van der Waals surface area contributed by atoms with E-state index in [0.717, 1.165) is 11.1 Å². The summed E-state index contributed by atoms with van der Waals surface area (Å²) in [6.07, 6.45) is 1.67. The summed E-state index contributed by atoms with van der Waals surface area (Å²) in [7, 11) is 1.52. The number of halogens is 1. The summed E-state index contributed by atoms with van der Waals surface area (Å²) in [5.74, 6) is -2.35. The Balaban J connectivity index is 1.61. The van der Waals surface area contributed by atoms with Crippen molar-refractivity contribution in [2.45, 2.75) is 84.7 Å². The van der Waals surface area contributed by atoms with Gasteiger partial charge in [0.15, 0.2) is 11.9 Å². The second-order valence-corrected chi connectivity index (χ2v) is 14.0. The number of cyclic esters (lactones) is 2. The maximum absolute atomic E-state index is 13.6. The standard InChI is InChI=1S/C37H46ClNO8/c1-22(2)17-31-35(42)45-29(23(3)32-33(47-32)25-11-8-7-9-12-25)14-10-13-27(40)20-26(18-24-15-16-30(44-6)28(38)19-24)34(41)39-21-37(4,5)36(43)46-31/h7-13,15-16,19,22-23,26,29,31-33H,14,17-18,20-21H2,1-6H3,(H,39,41)/b13-10+/t23-,26-,29-,31-,32+,33+/m0/s1. The maximum Gasteiger partial charge on any atom is 0.347 e. The van der Waals surface area contributed by atoms with E-state index in [4.69, 9.17) is 30.5 Å². The molecule has 1 saturated heterocycles. The van der Waals surface area contributed by atoms with E-state index < -0.39 is 35.5 Å². The topological polar surface area (TPSA) is 121 Å². The lowest BCUT2D eigenvalue weighted by Crippen LogP contribution is -2.45. The third kappa shape index (κ3) is 9.91. The maximum atomic E-state index is 13.6. The van der Waals surface area contributed by atoms with Crippen LogP contribution in [0, 0.1) is 23.2 Å². The normalized spacial score (nSPS) is 26.9. The Labute approximate surface area is 282 Å². The summed E-state index contributed by atoms with van der Waals surface area (Å²) in [5.41, 5.74) is 0.624. The minimum absolute atomic E-state index is 0.0311. The van der Waals surface area contributed by atoms with Crippen LogP contribution in [0.25, 0.3) is 0 Å². The number of hydrogen-bond donors (Lipinski definition) is 1. The molecule has 0 aromatic heterocycles. The Bertz CT molecular complexity index is 1460.